The summed E-state index contributed by atoms with van der Waals surface area (Å²) in [5, 5.41) is 2.89. The third-order valence-electron chi connectivity index (χ3n) is 6.02. The molecule has 0 aliphatic carbocycles. The van der Waals surface area contributed by atoms with Crippen molar-refractivity contribution in [3.63, 3.8) is 0 Å². The van der Waals surface area contributed by atoms with Crippen LogP contribution in [0.5, 0.6) is 5.75 Å². The van der Waals surface area contributed by atoms with Crippen LogP contribution >= 0.6 is 0 Å². The number of hydrogen-bond donors (Lipinski definition) is 1. The minimum atomic E-state index is -4.43. The number of benzene rings is 2. The number of carbonyl (C=O) groups excluding carboxylic acids is 1. The maximum atomic E-state index is 13.3. The standard InChI is InChI=1S/C28H28F3N3O3/c1-36-15-5-14-32-26(35)13-11-24-27(20-7-4-9-23(17-20)37-2)33-25-12-10-21(18-34(24)25)19-6-3-8-22(16-19)28(29,30)31/h3-4,6-10,12,16-18H,5,11,13-15H2,1-2H3,(H,32,35). The van der Waals surface area contributed by atoms with Crippen molar-refractivity contribution >= 4 is 11.6 Å². The molecule has 0 fully saturated rings. The normalized spacial score (nSPS) is 11.6. The van der Waals surface area contributed by atoms with Gasteiger partial charge in [0.25, 0.3) is 0 Å². The topological polar surface area (TPSA) is 64.9 Å². The second kappa shape index (κ2) is 11.5. The summed E-state index contributed by atoms with van der Waals surface area (Å²) in [6.07, 6.45) is -1.33. The molecule has 0 spiro atoms. The van der Waals surface area contributed by atoms with E-state index in [1.54, 1.807) is 38.6 Å². The van der Waals surface area contributed by atoms with Gasteiger partial charge in [0.2, 0.25) is 5.91 Å². The van der Waals surface area contributed by atoms with E-state index < -0.39 is 11.7 Å². The summed E-state index contributed by atoms with van der Waals surface area (Å²) < 4.78 is 52.1. The van der Waals surface area contributed by atoms with Crippen LogP contribution in [0.2, 0.25) is 0 Å². The van der Waals surface area contributed by atoms with Crippen LogP contribution in [0.15, 0.2) is 66.9 Å². The van der Waals surface area contributed by atoms with E-state index in [0.717, 1.165) is 23.4 Å². The highest BCUT2D eigenvalue weighted by Gasteiger charge is 2.30. The number of imidazole rings is 1. The van der Waals surface area contributed by atoms with Gasteiger partial charge in [0.05, 0.1) is 24.1 Å². The van der Waals surface area contributed by atoms with Crippen LogP contribution in [-0.2, 0) is 22.1 Å². The third-order valence-corrected chi connectivity index (χ3v) is 6.02. The zero-order chi connectivity index (χ0) is 26.4. The molecular formula is C28H28F3N3O3. The van der Waals surface area contributed by atoms with Crippen LogP contribution in [-0.4, -0.2) is 42.7 Å². The van der Waals surface area contributed by atoms with Crippen LogP contribution in [0.3, 0.4) is 0 Å². The van der Waals surface area contributed by atoms with E-state index in [1.165, 1.54) is 6.07 Å². The van der Waals surface area contributed by atoms with Gasteiger partial charge < -0.3 is 19.2 Å². The van der Waals surface area contributed by atoms with Crippen molar-refractivity contribution in [1.29, 1.82) is 0 Å². The first-order valence-corrected chi connectivity index (χ1v) is 11.9. The smallest absolute Gasteiger partial charge is 0.416 e. The van der Waals surface area contributed by atoms with Crippen molar-refractivity contribution < 1.29 is 27.4 Å². The molecular weight excluding hydrogens is 483 g/mol. The number of halogens is 3. The molecule has 194 valence electrons. The highest BCUT2D eigenvalue weighted by atomic mass is 19.4. The predicted molar refractivity (Wildman–Crippen MR) is 135 cm³/mol. The minimum Gasteiger partial charge on any atom is -0.497 e. The number of amides is 1. The lowest BCUT2D eigenvalue weighted by molar-refractivity contribution is -0.137. The lowest BCUT2D eigenvalue weighted by atomic mass is 10.0. The van der Waals surface area contributed by atoms with E-state index in [0.29, 0.717) is 54.2 Å². The SMILES string of the molecule is COCCCNC(=O)CCc1c(-c2cccc(OC)c2)nc2ccc(-c3cccc(C(F)(F)F)c3)cn12. The average Bonchev–Trinajstić information content (AvgIpc) is 3.27. The molecule has 0 saturated heterocycles. The predicted octanol–water partition coefficient (Wildman–Crippen LogP) is 5.78. The first-order chi connectivity index (χ1) is 17.8. The molecule has 6 nitrogen and oxygen atoms in total. The Labute approximate surface area is 213 Å². The van der Waals surface area contributed by atoms with E-state index in [-0.39, 0.29) is 12.3 Å². The number of ether oxygens (including phenoxy) is 2. The molecule has 1 N–H and O–H groups in total. The quantitative estimate of drug-likeness (QED) is 0.274. The summed E-state index contributed by atoms with van der Waals surface area (Å²) in [6.45, 7) is 1.08. The Balaban J connectivity index is 1.72. The Bertz CT molecular complexity index is 1380. The molecule has 2 heterocycles. The number of fused-ring (bicyclic) bond motifs is 1. The minimum absolute atomic E-state index is 0.100. The fourth-order valence-corrected chi connectivity index (χ4v) is 4.14. The fourth-order valence-electron chi connectivity index (χ4n) is 4.14. The molecule has 0 saturated carbocycles. The number of nitrogens with zero attached hydrogens (tertiary/aromatic N) is 2. The molecule has 4 rings (SSSR count). The molecule has 0 unspecified atom stereocenters. The maximum absolute atomic E-state index is 13.3. The number of hydrogen-bond acceptors (Lipinski definition) is 4. The molecule has 2 aromatic carbocycles. The van der Waals surface area contributed by atoms with E-state index in [9.17, 15) is 18.0 Å². The van der Waals surface area contributed by atoms with Crippen molar-refractivity contribution in [2.45, 2.75) is 25.4 Å². The summed E-state index contributed by atoms with van der Waals surface area (Å²) in [5.74, 6) is 0.567. The Morgan fingerprint density at radius 1 is 1.00 bits per heavy atom. The van der Waals surface area contributed by atoms with Crippen LogP contribution in [0, 0.1) is 0 Å². The molecule has 0 radical (unpaired) electrons. The Hall–Kier alpha value is -3.85. The first kappa shape index (κ1) is 26.2. The number of methoxy groups -OCH3 is 2. The third kappa shape index (κ3) is 6.29. The van der Waals surface area contributed by atoms with Crippen molar-refractivity contribution in [1.82, 2.24) is 14.7 Å². The average molecular weight is 512 g/mol. The summed E-state index contributed by atoms with van der Waals surface area (Å²) in [7, 11) is 3.19. The van der Waals surface area contributed by atoms with Crippen molar-refractivity contribution in [3.8, 4) is 28.1 Å². The van der Waals surface area contributed by atoms with Crippen LogP contribution in [0.4, 0.5) is 13.2 Å². The lowest BCUT2D eigenvalue weighted by Gasteiger charge is -2.11. The number of nitrogens with one attached hydrogen (secondary N) is 1. The lowest BCUT2D eigenvalue weighted by Crippen LogP contribution is -2.25. The molecule has 4 aromatic rings. The van der Waals surface area contributed by atoms with Gasteiger partial charge in [-0.3, -0.25) is 4.79 Å². The van der Waals surface area contributed by atoms with Gasteiger partial charge in [0.15, 0.2) is 0 Å². The van der Waals surface area contributed by atoms with Gasteiger partial charge in [0, 0.05) is 38.4 Å². The summed E-state index contributed by atoms with van der Waals surface area (Å²) in [6, 6.07) is 16.2. The monoisotopic (exact) mass is 511 g/mol. The molecule has 1 amide bonds. The van der Waals surface area contributed by atoms with Crippen molar-refractivity contribution in [2.24, 2.45) is 0 Å². The van der Waals surface area contributed by atoms with Gasteiger partial charge in [-0.1, -0.05) is 24.3 Å². The van der Waals surface area contributed by atoms with Crippen LogP contribution in [0.1, 0.15) is 24.1 Å². The molecule has 0 atom stereocenters. The Kier molecular flexibility index (Phi) is 8.13. The molecule has 37 heavy (non-hydrogen) atoms. The first-order valence-electron chi connectivity index (χ1n) is 11.9. The number of alkyl halides is 3. The van der Waals surface area contributed by atoms with Gasteiger partial charge in [-0.05, 0) is 60.4 Å². The van der Waals surface area contributed by atoms with E-state index in [4.69, 9.17) is 14.5 Å². The molecule has 9 heteroatoms. The van der Waals surface area contributed by atoms with E-state index in [2.05, 4.69) is 5.32 Å². The van der Waals surface area contributed by atoms with Crippen molar-refractivity contribution in [3.05, 3.63) is 78.1 Å². The van der Waals surface area contributed by atoms with Gasteiger partial charge in [-0.25, -0.2) is 4.98 Å². The van der Waals surface area contributed by atoms with Crippen LogP contribution in [0.25, 0.3) is 28.0 Å². The summed E-state index contributed by atoms with van der Waals surface area (Å²) in [4.78, 5) is 17.3. The Morgan fingerprint density at radius 3 is 2.54 bits per heavy atom. The number of aryl methyl sites for hydroxylation is 1. The number of aromatic nitrogens is 2. The maximum Gasteiger partial charge on any atom is 0.416 e. The molecule has 0 aliphatic rings. The van der Waals surface area contributed by atoms with Gasteiger partial charge >= 0.3 is 6.18 Å². The van der Waals surface area contributed by atoms with Crippen molar-refractivity contribution in [2.75, 3.05) is 27.4 Å². The van der Waals surface area contributed by atoms with E-state index >= 15 is 0 Å². The second-order valence-electron chi connectivity index (χ2n) is 8.56. The van der Waals surface area contributed by atoms with Gasteiger partial charge in [0.1, 0.15) is 11.4 Å². The fraction of sp³-hybridized carbons (Fsp3) is 0.286. The highest BCUT2D eigenvalue weighted by molar-refractivity contribution is 5.77. The van der Waals surface area contributed by atoms with Crippen LogP contribution < -0.4 is 10.1 Å². The number of carbonyl (C=O) groups is 1. The van der Waals surface area contributed by atoms with Gasteiger partial charge in [-0.15, -0.1) is 0 Å². The summed E-state index contributed by atoms with van der Waals surface area (Å²) in [5.41, 5.74) is 3.26. The highest BCUT2D eigenvalue weighted by Crippen LogP contribution is 2.33. The van der Waals surface area contributed by atoms with Gasteiger partial charge in [-0.2, -0.15) is 13.2 Å². The van der Waals surface area contributed by atoms with E-state index in [1.807, 2.05) is 28.7 Å². The Morgan fingerprint density at radius 2 is 1.78 bits per heavy atom. The number of pyridine rings is 1. The molecule has 0 aliphatic heterocycles. The number of rotatable bonds is 10. The summed E-state index contributed by atoms with van der Waals surface area (Å²) >= 11 is 0. The zero-order valence-electron chi connectivity index (χ0n) is 20.6. The molecule has 2 aromatic heterocycles. The molecule has 0 bridgehead atoms. The second-order valence-corrected chi connectivity index (χ2v) is 8.56. The largest absolute Gasteiger partial charge is 0.497 e. The zero-order valence-corrected chi connectivity index (χ0v) is 20.6.